The van der Waals surface area contributed by atoms with Gasteiger partial charge in [-0.25, -0.2) is 4.79 Å². The SMILES string of the molecule is CC1([C@@H]2C[C@H]2NC2CCN(CC(O)COc3ccc(/C=C/C(=O)O)cc3)CC2)C=CC=CC1. The van der Waals surface area contributed by atoms with Crippen LogP contribution >= 0.6 is 0 Å². The Labute approximate surface area is 196 Å². The van der Waals surface area contributed by atoms with Crippen LogP contribution in [0.4, 0.5) is 0 Å². The number of nitrogens with one attached hydrogen (secondary N) is 1. The van der Waals surface area contributed by atoms with Crippen molar-refractivity contribution in [2.45, 2.75) is 50.8 Å². The number of benzene rings is 1. The Morgan fingerprint density at radius 2 is 2.03 bits per heavy atom. The van der Waals surface area contributed by atoms with Crippen LogP contribution in [0.25, 0.3) is 6.08 Å². The van der Waals surface area contributed by atoms with Crippen molar-refractivity contribution in [3.05, 3.63) is 60.2 Å². The van der Waals surface area contributed by atoms with E-state index in [1.807, 2.05) is 0 Å². The van der Waals surface area contributed by atoms with Crippen LogP contribution in [0.15, 0.2) is 54.6 Å². The summed E-state index contributed by atoms with van der Waals surface area (Å²) in [6.45, 7) is 5.24. The van der Waals surface area contributed by atoms with Gasteiger partial charge in [0.2, 0.25) is 0 Å². The molecule has 2 unspecified atom stereocenters. The molecule has 1 aromatic carbocycles. The highest BCUT2D eigenvalue weighted by Crippen LogP contribution is 2.50. The number of likely N-dealkylation sites (tertiary alicyclic amines) is 1. The van der Waals surface area contributed by atoms with Crippen molar-refractivity contribution in [3.8, 4) is 5.75 Å². The number of nitrogens with zero attached hydrogens (tertiary/aromatic N) is 1. The number of rotatable bonds is 10. The fourth-order valence-corrected chi connectivity index (χ4v) is 5.10. The number of aliphatic carboxylic acids is 1. The summed E-state index contributed by atoms with van der Waals surface area (Å²) in [5.41, 5.74) is 1.10. The van der Waals surface area contributed by atoms with Gasteiger partial charge in [-0.05, 0) is 73.9 Å². The van der Waals surface area contributed by atoms with Gasteiger partial charge in [-0.15, -0.1) is 0 Å². The van der Waals surface area contributed by atoms with E-state index in [2.05, 4.69) is 41.4 Å². The van der Waals surface area contributed by atoms with Crippen LogP contribution < -0.4 is 10.1 Å². The second-order valence-corrected chi connectivity index (χ2v) is 9.89. The second-order valence-electron chi connectivity index (χ2n) is 9.89. The zero-order chi connectivity index (χ0) is 23.3. The number of carboxylic acid groups (broad SMARTS) is 1. The minimum Gasteiger partial charge on any atom is -0.491 e. The molecule has 3 N–H and O–H groups in total. The number of carbonyl (C=O) groups is 1. The Bertz CT molecular complexity index is 886. The van der Waals surface area contributed by atoms with Gasteiger partial charge >= 0.3 is 5.97 Å². The molecule has 6 nitrogen and oxygen atoms in total. The first-order valence-corrected chi connectivity index (χ1v) is 12.1. The van der Waals surface area contributed by atoms with Gasteiger partial charge in [0, 0.05) is 24.7 Å². The Morgan fingerprint density at radius 3 is 2.70 bits per heavy atom. The number of piperidine rings is 1. The topological polar surface area (TPSA) is 82.0 Å². The summed E-state index contributed by atoms with van der Waals surface area (Å²) < 4.78 is 5.71. The summed E-state index contributed by atoms with van der Waals surface area (Å²) >= 11 is 0. The molecule has 0 bridgehead atoms. The van der Waals surface area contributed by atoms with Gasteiger partial charge in [0.15, 0.2) is 0 Å². The number of ether oxygens (including phenoxy) is 1. The van der Waals surface area contributed by atoms with E-state index < -0.39 is 12.1 Å². The molecule has 2 aliphatic carbocycles. The minimum atomic E-state index is -0.973. The van der Waals surface area contributed by atoms with Gasteiger partial charge in [0.05, 0.1) is 0 Å². The lowest BCUT2D eigenvalue weighted by Gasteiger charge is -2.34. The number of β-amino-alcohol motifs (C(OH)–C–C–N with tert-alkyl or cyclic N) is 1. The monoisotopic (exact) mass is 452 g/mol. The van der Waals surface area contributed by atoms with Crippen LogP contribution in [0.3, 0.4) is 0 Å². The third kappa shape index (κ3) is 6.79. The summed E-state index contributed by atoms with van der Waals surface area (Å²) in [5, 5.41) is 23.0. The molecule has 1 saturated carbocycles. The lowest BCUT2D eigenvalue weighted by Crippen LogP contribution is -2.46. The maximum absolute atomic E-state index is 10.6. The summed E-state index contributed by atoms with van der Waals surface area (Å²) in [7, 11) is 0. The molecule has 1 heterocycles. The standard InChI is InChI=1S/C27H36N2O4/c1-27(13-3-2-4-14-27)24-17-25(24)28-21-11-15-29(16-12-21)18-22(30)19-33-23-8-5-20(6-9-23)7-10-26(31)32/h2-10,13,21-22,24-25,28,30H,11-12,14-19H2,1H3,(H,31,32)/b10-7+/t22?,24-,25-,27?/m1/s1. The number of carboxylic acids is 1. The third-order valence-corrected chi connectivity index (χ3v) is 7.17. The zero-order valence-corrected chi connectivity index (χ0v) is 19.4. The Kier molecular flexibility index (Phi) is 7.68. The van der Waals surface area contributed by atoms with E-state index in [1.54, 1.807) is 24.3 Å². The lowest BCUT2D eigenvalue weighted by atomic mass is 9.79. The molecule has 4 atom stereocenters. The largest absolute Gasteiger partial charge is 0.491 e. The van der Waals surface area contributed by atoms with E-state index >= 15 is 0 Å². The first kappa shape index (κ1) is 23.7. The first-order valence-electron chi connectivity index (χ1n) is 12.1. The number of allylic oxidation sites excluding steroid dienone is 4. The fraction of sp³-hybridized carbons (Fsp3) is 0.519. The highest BCUT2D eigenvalue weighted by atomic mass is 16.5. The van der Waals surface area contributed by atoms with Gasteiger partial charge in [-0.1, -0.05) is 43.4 Å². The van der Waals surface area contributed by atoms with Crippen LogP contribution in [0.2, 0.25) is 0 Å². The van der Waals surface area contributed by atoms with Crippen LogP contribution in [0, 0.1) is 11.3 Å². The first-order chi connectivity index (χ1) is 15.9. The highest BCUT2D eigenvalue weighted by molar-refractivity contribution is 5.85. The fourth-order valence-electron chi connectivity index (χ4n) is 5.10. The van der Waals surface area contributed by atoms with E-state index in [-0.39, 0.29) is 6.61 Å². The number of hydrogen-bond acceptors (Lipinski definition) is 5. The van der Waals surface area contributed by atoms with Crippen LogP contribution in [0.5, 0.6) is 5.75 Å². The smallest absolute Gasteiger partial charge is 0.328 e. The lowest BCUT2D eigenvalue weighted by molar-refractivity contribution is -0.131. The molecule has 0 radical (unpaired) electrons. The molecule has 178 valence electrons. The van der Waals surface area contributed by atoms with E-state index in [0.717, 1.165) is 49.9 Å². The predicted octanol–water partition coefficient (Wildman–Crippen LogP) is 3.49. The molecule has 0 spiro atoms. The number of aliphatic hydroxyl groups is 1. The average molecular weight is 453 g/mol. The Hall–Kier alpha value is -2.41. The number of hydrogen-bond donors (Lipinski definition) is 3. The summed E-state index contributed by atoms with van der Waals surface area (Å²) in [6, 6.07) is 8.39. The van der Waals surface area contributed by atoms with Gasteiger partial charge < -0.3 is 25.2 Å². The molecular formula is C27H36N2O4. The van der Waals surface area contributed by atoms with Crippen molar-refractivity contribution in [2.75, 3.05) is 26.2 Å². The second kappa shape index (κ2) is 10.7. The zero-order valence-electron chi connectivity index (χ0n) is 19.4. The van der Waals surface area contributed by atoms with Gasteiger partial charge in [-0.3, -0.25) is 0 Å². The molecule has 0 aromatic heterocycles. The minimum absolute atomic E-state index is 0.243. The van der Waals surface area contributed by atoms with Crippen molar-refractivity contribution in [1.29, 1.82) is 0 Å². The van der Waals surface area contributed by atoms with Gasteiger partial charge in [0.1, 0.15) is 18.5 Å². The molecule has 3 aliphatic rings. The van der Waals surface area contributed by atoms with E-state index in [9.17, 15) is 9.90 Å². The van der Waals surface area contributed by atoms with Crippen LogP contribution in [-0.2, 0) is 4.79 Å². The highest BCUT2D eigenvalue weighted by Gasteiger charge is 2.49. The molecule has 6 heteroatoms. The van der Waals surface area contributed by atoms with Crippen LogP contribution in [-0.4, -0.2) is 65.5 Å². The van der Waals surface area contributed by atoms with E-state index in [4.69, 9.17) is 9.84 Å². The summed E-state index contributed by atoms with van der Waals surface area (Å²) in [4.78, 5) is 12.9. The average Bonchev–Trinajstić information content (AvgIpc) is 3.59. The predicted molar refractivity (Wildman–Crippen MR) is 130 cm³/mol. The third-order valence-electron chi connectivity index (χ3n) is 7.17. The maximum atomic E-state index is 10.6. The molecule has 1 aliphatic heterocycles. The quantitative estimate of drug-likeness (QED) is 0.472. The van der Waals surface area contributed by atoms with Gasteiger partial charge in [-0.2, -0.15) is 0 Å². The molecule has 4 rings (SSSR count). The number of aliphatic hydroxyl groups excluding tert-OH is 1. The molecule has 2 fully saturated rings. The molecule has 0 amide bonds. The van der Waals surface area contributed by atoms with Crippen molar-refractivity contribution in [2.24, 2.45) is 11.3 Å². The normalized spacial score (nSPS) is 28.8. The Morgan fingerprint density at radius 1 is 1.27 bits per heavy atom. The molecule has 1 saturated heterocycles. The van der Waals surface area contributed by atoms with Crippen molar-refractivity contribution >= 4 is 12.0 Å². The summed E-state index contributed by atoms with van der Waals surface area (Å²) in [6.07, 6.45) is 15.8. The Balaban J connectivity index is 1.12. The molecule has 1 aromatic rings. The van der Waals surface area contributed by atoms with E-state index in [1.165, 1.54) is 12.5 Å². The molecular weight excluding hydrogens is 416 g/mol. The maximum Gasteiger partial charge on any atom is 0.328 e. The summed E-state index contributed by atoms with van der Waals surface area (Å²) in [5.74, 6) is 0.442. The van der Waals surface area contributed by atoms with Crippen molar-refractivity contribution < 1.29 is 19.7 Å². The van der Waals surface area contributed by atoms with Gasteiger partial charge in [0.25, 0.3) is 0 Å². The van der Waals surface area contributed by atoms with Crippen molar-refractivity contribution in [3.63, 3.8) is 0 Å². The molecule has 33 heavy (non-hydrogen) atoms. The van der Waals surface area contributed by atoms with Crippen LogP contribution in [0.1, 0.15) is 38.2 Å². The van der Waals surface area contributed by atoms with E-state index in [0.29, 0.717) is 29.8 Å². The van der Waals surface area contributed by atoms with Crippen molar-refractivity contribution in [1.82, 2.24) is 10.2 Å².